The number of carbonyl (C=O) groups is 1. The number of Topliss-reactive ketones (excluding diaryl/α,β-unsaturated/α-hetero) is 1. The van der Waals surface area contributed by atoms with Crippen molar-refractivity contribution in [1.29, 1.82) is 0 Å². The molecule has 3 aromatic heterocycles. The van der Waals surface area contributed by atoms with E-state index < -0.39 is 0 Å². The van der Waals surface area contributed by atoms with Gasteiger partial charge in [0.15, 0.2) is 0 Å². The summed E-state index contributed by atoms with van der Waals surface area (Å²) in [6.07, 6.45) is 7.76. The minimum Gasteiger partial charge on any atom is -0.384 e. The third kappa shape index (κ3) is 5.22. The first kappa shape index (κ1) is 22.5. The zero-order valence-corrected chi connectivity index (χ0v) is 20.2. The van der Waals surface area contributed by atoms with Crippen LogP contribution < -0.4 is 5.32 Å². The number of nitrogens with one attached hydrogen (secondary N) is 1. The van der Waals surface area contributed by atoms with Crippen LogP contribution in [0.25, 0.3) is 20.8 Å². The normalized spacial score (nSPS) is 14.8. The van der Waals surface area contributed by atoms with Crippen molar-refractivity contribution in [3.8, 4) is 10.6 Å². The zero-order chi connectivity index (χ0) is 21.8. The third-order valence-electron chi connectivity index (χ3n) is 6.12. The van der Waals surface area contributed by atoms with Gasteiger partial charge < -0.3 is 10.1 Å². The minimum absolute atomic E-state index is 0. The molecule has 3 aromatic rings. The van der Waals surface area contributed by atoms with Crippen LogP contribution in [0.3, 0.4) is 0 Å². The number of fused-ring (bicyclic) bond motifs is 2. The molecule has 0 spiro atoms. The van der Waals surface area contributed by atoms with Crippen molar-refractivity contribution in [2.45, 2.75) is 52.5 Å². The Bertz CT molecular complexity index is 1010. The number of nitrogens with zero attached hydrogens (tertiary/aromatic N) is 2. The average molecular weight is 460 g/mol. The molecule has 0 saturated carbocycles. The van der Waals surface area contributed by atoms with Crippen LogP contribution in [0.5, 0.6) is 0 Å². The van der Waals surface area contributed by atoms with Crippen LogP contribution >= 0.6 is 22.7 Å². The summed E-state index contributed by atoms with van der Waals surface area (Å²) in [4.78, 5) is 24.6. The van der Waals surface area contributed by atoms with Gasteiger partial charge in [0.25, 0.3) is 0 Å². The lowest BCUT2D eigenvalue weighted by Crippen LogP contribution is -2.22. The van der Waals surface area contributed by atoms with Crippen LogP contribution in [-0.2, 0) is 28.9 Å². The molecule has 1 unspecified atom stereocenters. The number of hydrogen-bond acceptors (Lipinski definition) is 7. The number of pyridine rings is 1. The van der Waals surface area contributed by atoms with Gasteiger partial charge in [0.05, 0.1) is 10.9 Å². The Labute approximate surface area is 193 Å². The van der Waals surface area contributed by atoms with Gasteiger partial charge in [0, 0.05) is 56.0 Å². The molecule has 5 nitrogen and oxygen atoms in total. The number of hydrogen-bond donors (Lipinski definition) is 1. The van der Waals surface area contributed by atoms with Crippen molar-refractivity contribution in [3.63, 3.8) is 0 Å². The van der Waals surface area contributed by atoms with Crippen LogP contribution in [-0.4, -0.2) is 36.0 Å². The number of ether oxygens (including phenoxy) is 1. The van der Waals surface area contributed by atoms with Gasteiger partial charge in [-0.05, 0) is 49.3 Å². The van der Waals surface area contributed by atoms with Gasteiger partial charge in [-0.3, -0.25) is 9.78 Å². The highest BCUT2D eigenvalue weighted by atomic mass is 32.1. The highest BCUT2D eigenvalue weighted by Crippen LogP contribution is 2.41. The molecule has 0 radical (unpaired) electrons. The zero-order valence-electron chi connectivity index (χ0n) is 18.6. The van der Waals surface area contributed by atoms with Gasteiger partial charge in [0.1, 0.15) is 16.3 Å². The summed E-state index contributed by atoms with van der Waals surface area (Å²) in [5.74, 6) is 1.42. The van der Waals surface area contributed by atoms with E-state index in [0.29, 0.717) is 30.5 Å². The van der Waals surface area contributed by atoms with E-state index >= 15 is 0 Å². The van der Waals surface area contributed by atoms with Gasteiger partial charge in [-0.15, -0.1) is 22.7 Å². The molecule has 0 aromatic carbocycles. The van der Waals surface area contributed by atoms with Crippen molar-refractivity contribution >= 4 is 38.7 Å². The number of thiophene rings is 1. The van der Waals surface area contributed by atoms with Crippen LogP contribution in [0, 0.1) is 11.8 Å². The van der Waals surface area contributed by atoms with E-state index in [1.807, 2.05) is 18.5 Å². The highest BCUT2D eigenvalue weighted by Gasteiger charge is 2.25. The van der Waals surface area contributed by atoms with Gasteiger partial charge in [-0.2, -0.15) is 0 Å². The fraction of sp³-hybridized carbons (Fsp3) is 0.542. The second-order valence-electron chi connectivity index (χ2n) is 8.66. The van der Waals surface area contributed by atoms with Crippen molar-refractivity contribution in [2.24, 2.45) is 11.8 Å². The summed E-state index contributed by atoms with van der Waals surface area (Å²) in [5.41, 5.74) is 3.54. The molecule has 0 fully saturated rings. The van der Waals surface area contributed by atoms with Gasteiger partial charge in [0.2, 0.25) is 0 Å². The van der Waals surface area contributed by atoms with E-state index in [-0.39, 0.29) is 1.43 Å². The fourth-order valence-electron chi connectivity index (χ4n) is 4.30. The van der Waals surface area contributed by atoms with Gasteiger partial charge in [-0.1, -0.05) is 13.8 Å². The minimum atomic E-state index is 0. The highest BCUT2D eigenvalue weighted by molar-refractivity contribution is 7.22. The molecule has 0 bridgehead atoms. The van der Waals surface area contributed by atoms with Crippen LogP contribution in [0.1, 0.15) is 49.9 Å². The Kier molecular flexibility index (Phi) is 7.48. The van der Waals surface area contributed by atoms with E-state index in [0.717, 1.165) is 54.2 Å². The summed E-state index contributed by atoms with van der Waals surface area (Å²) < 4.78 is 6.50. The Morgan fingerprint density at radius 3 is 3.00 bits per heavy atom. The average Bonchev–Trinajstić information content (AvgIpc) is 3.33. The van der Waals surface area contributed by atoms with Crippen LogP contribution in [0.2, 0.25) is 0 Å². The molecule has 168 valence electrons. The Morgan fingerprint density at radius 2 is 2.23 bits per heavy atom. The molecule has 0 amide bonds. The van der Waals surface area contributed by atoms with Crippen LogP contribution in [0.15, 0.2) is 18.5 Å². The van der Waals surface area contributed by atoms with Crippen molar-refractivity contribution < 1.29 is 11.0 Å². The molecule has 1 aliphatic rings. The van der Waals surface area contributed by atoms with Crippen molar-refractivity contribution in [1.82, 2.24) is 15.3 Å². The summed E-state index contributed by atoms with van der Waals surface area (Å²) in [6, 6.07) is 2.02. The lowest BCUT2D eigenvalue weighted by Gasteiger charge is -2.19. The van der Waals surface area contributed by atoms with E-state index in [4.69, 9.17) is 9.72 Å². The van der Waals surface area contributed by atoms with E-state index in [1.165, 1.54) is 20.9 Å². The lowest BCUT2D eigenvalue weighted by atomic mass is 9.90. The Balaban J connectivity index is 0.00000289. The molecule has 4 heterocycles. The van der Waals surface area contributed by atoms with Gasteiger partial charge in [-0.25, -0.2) is 4.98 Å². The lowest BCUT2D eigenvalue weighted by molar-refractivity contribution is -0.118. The van der Waals surface area contributed by atoms with Crippen molar-refractivity contribution in [2.75, 3.05) is 20.3 Å². The molecule has 4 rings (SSSR count). The monoisotopic (exact) mass is 459 g/mol. The smallest absolute Gasteiger partial charge is 0.138 e. The molecule has 0 aliphatic carbocycles. The second-order valence-corrected chi connectivity index (χ2v) is 10.9. The number of ketones is 1. The van der Waals surface area contributed by atoms with Crippen molar-refractivity contribution in [3.05, 3.63) is 33.8 Å². The third-order valence-corrected chi connectivity index (χ3v) is 8.40. The molecule has 1 N–H and O–H groups in total. The SMILES string of the molecule is COCC(CCCC(=O)Cc1sc2c(c1-c1nc3cnccc3s1)CCNC2)C(C)C.[HH]. The molecule has 0 saturated heterocycles. The summed E-state index contributed by atoms with van der Waals surface area (Å²) in [5, 5.41) is 4.50. The Morgan fingerprint density at radius 1 is 1.35 bits per heavy atom. The largest absolute Gasteiger partial charge is 0.384 e. The fourth-order valence-corrected chi connectivity index (χ4v) is 6.75. The van der Waals surface area contributed by atoms with E-state index in [1.54, 1.807) is 29.8 Å². The van der Waals surface area contributed by atoms with E-state index in [9.17, 15) is 4.79 Å². The molecule has 7 heteroatoms. The molecule has 31 heavy (non-hydrogen) atoms. The summed E-state index contributed by atoms with van der Waals surface area (Å²) in [7, 11) is 1.76. The topological polar surface area (TPSA) is 64.1 Å². The molecule has 1 atom stereocenters. The second kappa shape index (κ2) is 10.3. The van der Waals surface area contributed by atoms with Gasteiger partial charge >= 0.3 is 0 Å². The first-order valence-corrected chi connectivity index (χ1v) is 12.8. The maximum absolute atomic E-state index is 12.9. The first-order chi connectivity index (χ1) is 15.1. The number of carbonyl (C=O) groups excluding carboxylic acids is 1. The standard InChI is InChI=1S/C24H31N3O2S2.H2/c1-15(2)16(14-29-3)5-4-6-17(28)11-21-23(18-7-9-26-13-22(18)30-21)24-27-19-12-25-10-8-20(19)31-24;/h8,10,12,15-16,26H,4-7,9,11,13-14H2,1-3H3;1H. The molecule has 1 aliphatic heterocycles. The summed E-state index contributed by atoms with van der Waals surface area (Å²) >= 11 is 3.50. The van der Waals surface area contributed by atoms with E-state index in [2.05, 4.69) is 24.1 Å². The first-order valence-electron chi connectivity index (χ1n) is 11.1. The predicted octanol–water partition coefficient (Wildman–Crippen LogP) is 5.51. The molecular formula is C24H33N3O2S2. The predicted molar refractivity (Wildman–Crippen MR) is 131 cm³/mol. The number of aromatic nitrogens is 2. The number of rotatable bonds is 10. The number of thiazole rings is 1. The maximum atomic E-state index is 12.9. The summed E-state index contributed by atoms with van der Waals surface area (Å²) in [6.45, 7) is 7.10. The van der Waals surface area contributed by atoms with Crippen LogP contribution in [0.4, 0.5) is 0 Å². The maximum Gasteiger partial charge on any atom is 0.138 e. The molecular weight excluding hydrogens is 426 g/mol. The quantitative estimate of drug-likeness (QED) is 0.433. The Hall–Kier alpha value is -1.67. The number of methoxy groups -OCH3 is 1.